The van der Waals surface area contributed by atoms with E-state index in [1.807, 2.05) is 13.8 Å². The Morgan fingerprint density at radius 3 is 2.54 bits per heavy atom. The fourth-order valence-electron chi connectivity index (χ4n) is 2.74. The number of primary amides is 1. The Balaban J connectivity index is 2.24. The maximum absolute atomic E-state index is 12.6. The van der Waals surface area contributed by atoms with Crippen molar-refractivity contribution in [1.29, 1.82) is 0 Å². The van der Waals surface area contributed by atoms with Crippen LogP contribution in [0.4, 0.5) is 23.7 Å². The van der Waals surface area contributed by atoms with Crippen molar-refractivity contribution in [2.45, 2.75) is 32.5 Å². The summed E-state index contributed by atoms with van der Waals surface area (Å²) < 4.78 is 37.7. The maximum atomic E-state index is 12.6. The second-order valence-corrected chi connectivity index (χ2v) is 6.17. The molecule has 0 radical (unpaired) electrons. The number of carbonyl (C=O) groups excluding carboxylic acids is 2. The van der Waals surface area contributed by atoms with Crippen LogP contribution in [0.2, 0.25) is 0 Å². The van der Waals surface area contributed by atoms with Gasteiger partial charge in [-0.25, -0.2) is 9.78 Å². The molecule has 1 aromatic rings. The van der Waals surface area contributed by atoms with E-state index in [1.165, 1.54) is 15.9 Å². The third-order valence-corrected chi connectivity index (χ3v) is 3.73. The van der Waals surface area contributed by atoms with Gasteiger partial charge in [-0.15, -0.1) is 0 Å². The van der Waals surface area contributed by atoms with Crippen LogP contribution in [-0.2, 0) is 11.0 Å². The van der Waals surface area contributed by atoms with Crippen molar-refractivity contribution < 1.29 is 22.8 Å². The standard InChI is InChI=1S/C15H19F3N4O2/c1-9(2)5-11-7-21(14(24)22(11)8-13(19)23)10-3-4-12(20-6-10)15(16,17)18/h3-4,6,9,11H,5,7-8H2,1-2H3,(H2,19,23)/t11-/m0/s1. The van der Waals surface area contributed by atoms with Crippen molar-refractivity contribution >= 4 is 17.6 Å². The number of hydrogen-bond donors (Lipinski definition) is 1. The number of nitrogens with zero attached hydrogens (tertiary/aromatic N) is 3. The molecule has 1 atom stereocenters. The second-order valence-electron chi connectivity index (χ2n) is 6.17. The topological polar surface area (TPSA) is 79.5 Å². The van der Waals surface area contributed by atoms with E-state index < -0.39 is 23.8 Å². The number of aromatic nitrogens is 1. The summed E-state index contributed by atoms with van der Waals surface area (Å²) in [7, 11) is 0. The number of nitrogens with two attached hydrogens (primary N) is 1. The Kier molecular flexibility index (Phi) is 5.00. The monoisotopic (exact) mass is 344 g/mol. The molecule has 1 fully saturated rings. The number of rotatable bonds is 5. The molecule has 1 aliphatic heterocycles. The fourth-order valence-corrected chi connectivity index (χ4v) is 2.74. The minimum Gasteiger partial charge on any atom is -0.368 e. The van der Waals surface area contributed by atoms with E-state index in [0.29, 0.717) is 6.42 Å². The average Bonchev–Trinajstić information content (AvgIpc) is 2.74. The van der Waals surface area contributed by atoms with E-state index in [-0.39, 0.29) is 30.7 Å². The molecule has 9 heteroatoms. The van der Waals surface area contributed by atoms with Crippen molar-refractivity contribution in [1.82, 2.24) is 9.88 Å². The van der Waals surface area contributed by atoms with E-state index in [9.17, 15) is 22.8 Å². The van der Waals surface area contributed by atoms with Crippen LogP contribution in [0.3, 0.4) is 0 Å². The first-order valence-corrected chi connectivity index (χ1v) is 7.49. The van der Waals surface area contributed by atoms with Gasteiger partial charge in [-0.05, 0) is 24.5 Å². The summed E-state index contributed by atoms with van der Waals surface area (Å²) in [6.45, 7) is 4.02. The number of pyridine rings is 1. The number of anilines is 1. The summed E-state index contributed by atoms with van der Waals surface area (Å²) in [5, 5.41) is 0. The molecule has 6 nitrogen and oxygen atoms in total. The van der Waals surface area contributed by atoms with Gasteiger partial charge < -0.3 is 10.6 Å². The molecule has 24 heavy (non-hydrogen) atoms. The molecule has 2 rings (SSSR count). The van der Waals surface area contributed by atoms with Crippen LogP contribution >= 0.6 is 0 Å². The minimum atomic E-state index is -4.54. The molecular formula is C15H19F3N4O2. The summed E-state index contributed by atoms with van der Waals surface area (Å²) in [5.74, 6) is -0.353. The molecule has 0 aromatic carbocycles. The first-order chi connectivity index (χ1) is 11.1. The quantitative estimate of drug-likeness (QED) is 0.890. The number of hydrogen-bond acceptors (Lipinski definition) is 3. The first-order valence-electron chi connectivity index (χ1n) is 7.49. The van der Waals surface area contributed by atoms with Crippen LogP contribution in [0, 0.1) is 5.92 Å². The first kappa shape index (κ1) is 18.0. The van der Waals surface area contributed by atoms with Gasteiger partial charge in [-0.3, -0.25) is 9.69 Å². The SMILES string of the molecule is CC(C)C[C@H]1CN(c2ccc(C(F)(F)F)nc2)C(=O)N1CC(N)=O. The van der Waals surface area contributed by atoms with Gasteiger partial charge >= 0.3 is 12.2 Å². The van der Waals surface area contributed by atoms with E-state index in [4.69, 9.17) is 5.73 Å². The van der Waals surface area contributed by atoms with Gasteiger partial charge in [0.1, 0.15) is 12.2 Å². The van der Waals surface area contributed by atoms with Gasteiger partial charge in [0.2, 0.25) is 5.91 Å². The zero-order valence-electron chi connectivity index (χ0n) is 13.4. The fraction of sp³-hybridized carbons (Fsp3) is 0.533. The Bertz CT molecular complexity index is 616. The minimum absolute atomic E-state index is 0.221. The molecule has 3 amide bonds. The number of carbonyl (C=O) groups is 2. The average molecular weight is 344 g/mol. The van der Waals surface area contributed by atoms with Crippen LogP contribution in [-0.4, -0.2) is 41.0 Å². The Labute approximate surface area is 137 Å². The summed E-state index contributed by atoms with van der Waals surface area (Å²) in [6.07, 6.45) is -2.86. The van der Waals surface area contributed by atoms with Gasteiger partial charge in [-0.2, -0.15) is 13.2 Å². The molecule has 2 N–H and O–H groups in total. The van der Waals surface area contributed by atoms with Crippen LogP contribution < -0.4 is 10.6 Å². The largest absolute Gasteiger partial charge is 0.433 e. The Morgan fingerprint density at radius 2 is 2.08 bits per heavy atom. The second kappa shape index (κ2) is 6.66. The molecule has 1 aromatic heterocycles. The van der Waals surface area contributed by atoms with Crippen molar-refractivity contribution in [3.63, 3.8) is 0 Å². The summed E-state index contributed by atoms with van der Waals surface area (Å²) in [4.78, 5) is 29.8. The highest BCUT2D eigenvalue weighted by Crippen LogP contribution is 2.30. The third kappa shape index (κ3) is 3.95. The lowest BCUT2D eigenvalue weighted by Crippen LogP contribution is -2.41. The van der Waals surface area contributed by atoms with Crippen LogP contribution in [0.1, 0.15) is 26.0 Å². The molecule has 2 heterocycles. The third-order valence-electron chi connectivity index (χ3n) is 3.73. The molecule has 0 aliphatic carbocycles. The predicted octanol–water partition coefficient (Wildman–Crippen LogP) is 2.24. The van der Waals surface area contributed by atoms with Gasteiger partial charge in [0.05, 0.1) is 17.9 Å². The van der Waals surface area contributed by atoms with Gasteiger partial charge in [0.15, 0.2) is 0 Å². The van der Waals surface area contributed by atoms with E-state index in [2.05, 4.69) is 4.98 Å². The van der Waals surface area contributed by atoms with Crippen molar-refractivity contribution in [2.24, 2.45) is 11.7 Å². The number of halogens is 3. The predicted molar refractivity (Wildman–Crippen MR) is 81.1 cm³/mol. The molecule has 0 spiro atoms. The summed E-state index contributed by atoms with van der Waals surface area (Å²) >= 11 is 0. The van der Waals surface area contributed by atoms with Crippen molar-refractivity contribution in [2.75, 3.05) is 18.0 Å². The van der Waals surface area contributed by atoms with Crippen LogP contribution in [0.15, 0.2) is 18.3 Å². The Hall–Kier alpha value is -2.32. The smallest absolute Gasteiger partial charge is 0.368 e. The highest BCUT2D eigenvalue weighted by atomic mass is 19.4. The van der Waals surface area contributed by atoms with Crippen molar-refractivity contribution in [3.8, 4) is 0 Å². The summed E-state index contributed by atoms with van der Waals surface area (Å²) in [6, 6.07) is 1.35. The van der Waals surface area contributed by atoms with Gasteiger partial charge in [0.25, 0.3) is 0 Å². The molecule has 0 unspecified atom stereocenters. The molecule has 132 valence electrons. The van der Waals surface area contributed by atoms with Crippen LogP contribution in [0.25, 0.3) is 0 Å². The van der Waals surface area contributed by atoms with Crippen LogP contribution in [0.5, 0.6) is 0 Å². The Morgan fingerprint density at radius 1 is 1.42 bits per heavy atom. The maximum Gasteiger partial charge on any atom is 0.433 e. The normalized spacial score (nSPS) is 18.6. The number of urea groups is 1. The number of alkyl halides is 3. The zero-order chi connectivity index (χ0) is 18.1. The van der Waals surface area contributed by atoms with E-state index in [0.717, 1.165) is 12.3 Å². The molecular weight excluding hydrogens is 325 g/mol. The highest BCUT2D eigenvalue weighted by molar-refractivity contribution is 5.96. The lowest BCUT2D eigenvalue weighted by Gasteiger charge is -2.22. The molecule has 1 saturated heterocycles. The van der Waals surface area contributed by atoms with E-state index in [1.54, 1.807) is 0 Å². The van der Waals surface area contributed by atoms with E-state index >= 15 is 0 Å². The lowest BCUT2D eigenvalue weighted by atomic mass is 10.0. The highest BCUT2D eigenvalue weighted by Gasteiger charge is 2.39. The lowest BCUT2D eigenvalue weighted by molar-refractivity contribution is -0.141. The van der Waals surface area contributed by atoms with Gasteiger partial charge in [-0.1, -0.05) is 13.8 Å². The number of amides is 3. The molecule has 0 bridgehead atoms. The molecule has 0 saturated carbocycles. The molecule has 1 aliphatic rings. The van der Waals surface area contributed by atoms with Gasteiger partial charge in [0, 0.05) is 6.54 Å². The van der Waals surface area contributed by atoms with Crippen molar-refractivity contribution in [3.05, 3.63) is 24.0 Å². The zero-order valence-corrected chi connectivity index (χ0v) is 13.4. The summed E-state index contributed by atoms with van der Waals surface area (Å²) in [5.41, 5.74) is 4.43.